The van der Waals surface area contributed by atoms with Crippen LogP contribution in [0.15, 0.2) is 59.8 Å². The second-order valence-electron chi connectivity index (χ2n) is 13.9. The predicted molar refractivity (Wildman–Crippen MR) is 166 cm³/mol. The van der Waals surface area contributed by atoms with Gasteiger partial charge < -0.3 is 0 Å². The average molecular weight is 588 g/mol. The number of hydrogen-bond acceptors (Lipinski definition) is 0. The first-order valence-corrected chi connectivity index (χ1v) is 18.9. The summed E-state index contributed by atoms with van der Waals surface area (Å²) in [5.74, 6) is 0. The zero-order valence-electron chi connectivity index (χ0n) is 24.9. The van der Waals surface area contributed by atoms with Crippen molar-refractivity contribution >= 4 is 32.8 Å². The van der Waals surface area contributed by atoms with Crippen molar-refractivity contribution in [3.05, 3.63) is 77.0 Å². The molecule has 0 bridgehead atoms. The van der Waals surface area contributed by atoms with E-state index < -0.39 is 8.07 Å². The Hall–Kier alpha value is -1.24. The zero-order valence-corrected chi connectivity index (χ0v) is 28.4. The van der Waals surface area contributed by atoms with Crippen molar-refractivity contribution in [3.63, 3.8) is 0 Å². The maximum atomic E-state index is 3.20. The fourth-order valence-corrected chi connectivity index (χ4v) is 6.95. The summed E-state index contributed by atoms with van der Waals surface area (Å²) in [6.45, 7) is 20.8. The molecule has 1 fully saturated rings. The molecule has 0 unspecified atom stereocenters. The van der Waals surface area contributed by atoms with Gasteiger partial charge in [0.05, 0.1) is 0 Å². The third-order valence-electron chi connectivity index (χ3n) is 7.46. The molecule has 37 heavy (non-hydrogen) atoms. The summed E-state index contributed by atoms with van der Waals surface area (Å²) in [6.07, 6.45) is 16.0. The number of allylic oxidation sites excluding steroid dienone is 4. The summed E-state index contributed by atoms with van der Waals surface area (Å²) >= 11 is 1.69. The Labute approximate surface area is 243 Å². The van der Waals surface area contributed by atoms with Crippen molar-refractivity contribution in [1.82, 2.24) is 0 Å². The molecule has 0 nitrogen and oxygen atoms in total. The molecule has 196 valence electrons. The van der Waals surface area contributed by atoms with E-state index in [1.807, 2.05) is 0 Å². The average Bonchev–Trinajstić information content (AvgIpc) is 3.47. The van der Waals surface area contributed by atoms with E-state index in [4.69, 9.17) is 0 Å². The molecular weight excluding hydrogens is 540 g/mol. The van der Waals surface area contributed by atoms with Crippen LogP contribution >= 0.6 is 0 Å². The minimum atomic E-state index is -0.981. The van der Waals surface area contributed by atoms with Crippen LogP contribution in [0.4, 0.5) is 0 Å². The van der Waals surface area contributed by atoms with Crippen LogP contribution in [0.3, 0.4) is 0 Å². The fourth-order valence-electron chi connectivity index (χ4n) is 4.83. The Bertz CT molecular complexity index is 1200. The quantitative estimate of drug-likeness (QED) is 0.196. The molecule has 3 aromatic carbocycles. The van der Waals surface area contributed by atoms with Crippen LogP contribution in [0, 0.1) is 6.08 Å². The number of fused-ring (bicyclic) bond motifs is 3. The van der Waals surface area contributed by atoms with Gasteiger partial charge in [0.1, 0.15) is 0 Å². The van der Waals surface area contributed by atoms with Crippen LogP contribution in [0.5, 0.6) is 0 Å². The Kier molecular flexibility index (Phi) is 10.1. The van der Waals surface area contributed by atoms with Crippen LogP contribution in [0.25, 0.3) is 21.5 Å². The molecule has 0 atom stereocenters. The third-order valence-corrected chi connectivity index (χ3v) is 10.8. The van der Waals surface area contributed by atoms with E-state index in [0.717, 1.165) is 6.42 Å². The summed E-state index contributed by atoms with van der Waals surface area (Å²) in [6, 6.07) is 16.1. The standard InChI is InChI=1S/C21H25.C8H13Si.C6H10.Zr/c1-20(2,3)16-9-7-14-11-15-8-10-17(21(4,5)6)13-19(15)18(14)12-16;1-9(2,3)8-6-4-5-7-8;1-2-4-6-5-3-1;/h7-13H,1-6H3;6-7H,4H2,1-3H3;1-5H2;/q2*-1;;+2. The predicted octanol–water partition coefficient (Wildman–Crippen LogP) is 10.5. The van der Waals surface area contributed by atoms with Gasteiger partial charge in [0.2, 0.25) is 0 Å². The van der Waals surface area contributed by atoms with Crippen LogP contribution in [0.2, 0.25) is 19.6 Å². The van der Waals surface area contributed by atoms with Gasteiger partial charge in [0.25, 0.3) is 0 Å². The number of benzene rings is 2. The molecule has 0 amide bonds. The van der Waals surface area contributed by atoms with E-state index in [2.05, 4.69) is 122 Å². The van der Waals surface area contributed by atoms with Gasteiger partial charge in [0.15, 0.2) is 0 Å². The SMILES string of the molecule is CC(C)(C)c1ccc2[cH-]c3ccc(C(C)(C)C)cc3c2c1.C[Si](C)(C)C1=CC[C-]=C1.[Zr+2]=[C]1CCCCC1. The van der Waals surface area contributed by atoms with E-state index in [-0.39, 0.29) is 10.8 Å². The maximum absolute atomic E-state index is 3.20. The fraction of sp³-hybridized carbons (Fsp3) is 0.486. The summed E-state index contributed by atoms with van der Waals surface area (Å²) in [7, 11) is -0.981. The molecule has 5 rings (SSSR count). The van der Waals surface area contributed by atoms with Crippen LogP contribution in [0.1, 0.15) is 91.2 Å². The van der Waals surface area contributed by atoms with Gasteiger partial charge in [0, 0.05) is 0 Å². The molecule has 1 saturated carbocycles. The number of hydrogen-bond donors (Lipinski definition) is 0. The minimum absolute atomic E-state index is 0.194. The van der Waals surface area contributed by atoms with Crippen LogP contribution in [-0.4, -0.2) is 11.3 Å². The summed E-state index contributed by atoms with van der Waals surface area (Å²) in [5, 5.41) is 7.04. The summed E-state index contributed by atoms with van der Waals surface area (Å²) < 4.78 is 1.80. The topological polar surface area (TPSA) is 0 Å². The molecule has 0 aromatic heterocycles. The summed E-state index contributed by atoms with van der Waals surface area (Å²) in [5.41, 5.74) is 3.20. The first-order chi connectivity index (χ1) is 17.2. The molecule has 0 saturated heterocycles. The van der Waals surface area contributed by atoms with Gasteiger partial charge in [-0.05, 0) is 18.9 Å². The normalized spacial score (nSPS) is 16.3. The van der Waals surface area contributed by atoms with Crippen molar-refractivity contribution in [2.24, 2.45) is 0 Å². The van der Waals surface area contributed by atoms with Crippen LogP contribution < -0.4 is 0 Å². The van der Waals surface area contributed by atoms with E-state index in [0.29, 0.717) is 0 Å². The van der Waals surface area contributed by atoms with Gasteiger partial charge in [-0.2, -0.15) is 6.08 Å². The molecule has 0 radical (unpaired) electrons. The van der Waals surface area contributed by atoms with Gasteiger partial charge in [-0.3, -0.25) is 6.08 Å². The monoisotopic (exact) mass is 586 g/mol. The van der Waals surface area contributed by atoms with Gasteiger partial charge in [-0.15, -0.1) is 46.2 Å². The molecule has 0 N–H and O–H groups in total. The van der Waals surface area contributed by atoms with E-state index >= 15 is 0 Å². The van der Waals surface area contributed by atoms with E-state index in [9.17, 15) is 0 Å². The Morgan fingerprint density at radius 1 is 0.757 bits per heavy atom. The second-order valence-corrected chi connectivity index (χ2v) is 20.7. The molecule has 2 aliphatic carbocycles. The molecule has 3 aromatic rings. The molecule has 0 spiro atoms. The van der Waals surface area contributed by atoms with Crippen molar-refractivity contribution < 1.29 is 24.2 Å². The van der Waals surface area contributed by atoms with Crippen molar-refractivity contribution in [2.45, 2.75) is 111 Å². The first kappa shape index (κ1) is 30.3. The summed E-state index contributed by atoms with van der Waals surface area (Å²) in [4.78, 5) is 0. The van der Waals surface area contributed by atoms with Gasteiger partial charge >= 0.3 is 59.5 Å². The molecule has 0 aliphatic heterocycles. The Morgan fingerprint density at radius 3 is 1.54 bits per heavy atom. The molecule has 2 aliphatic rings. The molecular formula is C35H48SiZr. The van der Waals surface area contributed by atoms with Crippen molar-refractivity contribution in [2.75, 3.05) is 0 Å². The molecule has 0 heterocycles. The van der Waals surface area contributed by atoms with Crippen molar-refractivity contribution in [1.29, 1.82) is 0 Å². The van der Waals surface area contributed by atoms with Crippen molar-refractivity contribution in [3.8, 4) is 0 Å². The zero-order chi connectivity index (χ0) is 27.4. The number of rotatable bonds is 1. The van der Waals surface area contributed by atoms with Gasteiger partial charge in [-0.25, -0.2) is 11.3 Å². The Balaban J connectivity index is 0.000000194. The first-order valence-electron chi connectivity index (χ1n) is 14.1. The van der Waals surface area contributed by atoms with E-state index in [1.165, 1.54) is 64.8 Å². The van der Waals surface area contributed by atoms with Crippen LogP contribution in [-0.2, 0) is 35.1 Å². The van der Waals surface area contributed by atoms with Gasteiger partial charge in [-0.1, -0.05) is 96.6 Å². The molecule has 2 heteroatoms. The Morgan fingerprint density at radius 2 is 1.24 bits per heavy atom. The van der Waals surface area contributed by atoms with E-state index in [1.54, 1.807) is 32.6 Å². The third kappa shape index (κ3) is 8.63. The second kappa shape index (κ2) is 12.3.